The number of carboxylic acid groups (broad SMARTS) is 1. The quantitative estimate of drug-likeness (QED) is 0.870. The van der Waals surface area contributed by atoms with Crippen LogP contribution >= 0.6 is 0 Å². The minimum atomic E-state index is -0.863. The number of benzene rings is 1. The highest BCUT2D eigenvalue weighted by atomic mass is 16.4. The number of imidazole rings is 1. The van der Waals surface area contributed by atoms with E-state index in [9.17, 15) is 19.5 Å². The van der Waals surface area contributed by atoms with Crippen LogP contribution in [0, 0.1) is 5.92 Å². The van der Waals surface area contributed by atoms with Gasteiger partial charge in [0, 0.05) is 25.2 Å². The highest BCUT2D eigenvalue weighted by Gasteiger charge is 2.33. The van der Waals surface area contributed by atoms with Crippen LogP contribution in [0.15, 0.2) is 23.0 Å². The standard InChI is InChI=1S/C16H19N3O4/c1-9-3-4-11(15(21)22)8-19(9)14(20)10-5-6-12-13(7-10)18(2)16(23)17-12/h5-7,9,11H,3-4,8H2,1-2H3,(H,17,23)(H,21,22). The van der Waals surface area contributed by atoms with Crippen LogP contribution in [0.2, 0.25) is 0 Å². The molecule has 0 spiro atoms. The fraction of sp³-hybridized carbons (Fsp3) is 0.438. The maximum atomic E-state index is 12.8. The summed E-state index contributed by atoms with van der Waals surface area (Å²) in [5, 5.41) is 9.19. The SMILES string of the molecule is CC1CCC(C(=O)O)CN1C(=O)c1ccc2[nH]c(=O)n(C)c2c1. The van der Waals surface area contributed by atoms with Crippen molar-refractivity contribution in [3.63, 3.8) is 0 Å². The van der Waals surface area contributed by atoms with Crippen LogP contribution in [0.5, 0.6) is 0 Å². The molecule has 1 aromatic heterocycles. The molecule has 0 bridgehead atoms. The summed E-state index contributed by atoms with van der Waals surface area (Å²) in [6.45, 7) is 2.15. The molecule has 122 valence electrons. The largest absolute Gasteiger partial charge is 0.481 e. The lowest BCUT2D eigenvalue weighted by molar-refractivity contribution is -0.143. The van der Waals surface area contributed by atoms with Crippen molar-refractivity contribution in [2.45, 2.75) is 25.8 Å². The Kier molecular flexibility index (Phi) is 3.71. The molecule has 0 saturated carbocycles. The Morgan fingerprint density at radius 1 is 1.30 bits per heavy atom. The first kappa shape index (κ1) is 15.3. The summed E-state index contributed by atoms with van der Waals surface area (Å²) in [7, 11) is 1.64. The normalized spacial score (nSPS) is 21.6. The fourth-order valence-corrected chi connectivity index (χ4v) is 3.11. The van der Waals surface area contributed by atoms with Gasteiger partial charge in [0.05, 0.1) is 17.0 Å². The number of carbonyl (C=O) groups is 2. The third-order valence-electron chi connectivity index (χ3n) is 4.64. The second kappa shape index (κ2) is 5.57. The van der Waals surface area contributed by atoms with Gasteiger partial charge in [-0.2, -0.15) is 0 Å². The lowest BCUT2D eigenvalue weighted by Crippen LogP contribution is -2.47. The summed E-state index contributed by atoms with van der Waals surface area (Å²) in [6.07, 6.45) is 1.26. The number of nitrogens with zero attached hydrogens (tertiary/aromatic N) is 2. The number of aromatic amines is 1. The third-order valence-corrected chi connectivity index (χ3v) is 4.64. The van der Waals surface area contributed by atoms with Crippen LogP contribution < -0.4 is 5.69 Å². The molecule has 1 saturated heterocycles. The molecule has 23 heavy (non-hydrogen) atoms. The predicted molar refractivity (Wildman–Crippen MR) is 84.4 cm³/mol. The first-order valence-electron chi connectivity index (χ1n) is 7.61. The topological polar surface area (TPSA) is 95.4 Å². The first-order valence-corrected chi connectivity index (χ1v) is 7.61. The van der Waals surface area contributed by atoms with E-state index in [0.717, 1.165) is 0 Å². The van der Waals surface area contributed by atoms with Gasteiger partial charge in [-0.05, 0) is 38.0 Å². The molecule has 0 radical (unpaired) electrons. The minimum absolute atomic E-state index is 0.00356. The van der Waals surface area contributed by atoms with Gasteiger partial charge in [-0.1, -0.05) is 0 Å². The zero-order valence-corrected chi connectivity index (χ0v) is 13.1. The van der Waals surface area contributed by atoms with E-state index in [2.05, 4.69) is 4.98 Å². The van der Waals surface area contributed by atoms with Gasteiger partial charge < -0.3 is 15.0 Å². The molecule has 1 aromatic carbocycles. The van der Waals surface area contributed by atoms with Crippen LogP contribution in [0.1, 0.15) is 30.1 Å². The number of amides is 1. The molecule has 0 aliphatic carbocycles. The molecule has 7 heteroatoms. The molecule has 2 heterocycles. The first-order chi connectivity index (χ1) is 10.9. The van der Waals surface area contributed by atoms with Crippen molar-refractivity contribution < 1.29 is 14.7 Å². The number of fused-ring (bicyclic) bond motifs is 1. The van der Waals surface area contributed by atoms with Gasteiger partial charge in [0.2, 0.25) is 0 Å². The van der Waals surface area contributed by atoms with Crippen LogP contribution in [-0.4, -0.2) is 44.0 Å². The molecule has 2 unspecified atom stereocenters. The van der Waals surface area contributed by atoms with E-state index >= 15 is 0 Å². The monoisotopic (exact) mass is 317 g/mol. The number of carboxylic acids is 1. The number of aromatic nitrogens is 2. The van der Waals surface area contributed by atoms with E-state index in [4.69, 9.17) is 0 Å². The van der Waals surface area contributed by atoms with Crippen molar-refractivity contribution in [1.29, 1.82) is 0 Å². The minimum Gasteiger partial charge on any atom is -0.481 e. The zero-order valence-electron chi connectivity index (χ0n) is 13.1. The Morgan fingerprint density at radius 3 is 2.74 bits per heavy atom. The van der Waals surface area contributed by atoms with Crippen LogP contribution in [0.4, 0.5) is 0 Å². The number of piperidine rings is 1. The van der Waals surface area contributed by atoms with Gasteiger partial charge in [-0.25, -0.2) is 4.79 Å². The van der Waals surface area contributed by atoms with Crippen molar-refractivity contribution in [2.75, 3.05) is 6.54 Å². The van der Waals surface area contributed by atoms with Crippen molar-refractivity contribution in [3.05, 3.63) is 34.2 Å². The third kappa shape index (κ3) is 2.62. The second-order valence-electron chi connectivity index (χ2n) is 6.14. The Labute approximate surface area is 132 Å². The number of H-pyrrole nitrogens is 1. The van der Waals surface area contributed by atoms with Crippen molar-refractivity contribution in [3.8, 4) is 0 Å². The van der Waals surface area contributed by atoms with Gasteiger partial charge in [-0.15, -0.1) is 0 Å². The number of aliphatic carboxylic acids is 1. The van der Waals surface area contributed by atoms with Crippen LogP contribution in [0.25, 0.3) is 11.0 Å². The number of hydrogen-bond acceptors (Lipinski definition) is 3. The van der Waals surface area contributed by atoms with Crippen molar-refractivity contribution in [2.24, 2.45) is 13.0 Å². The lowest BCUT2D eigenvalue weighted by atomic mass is 9.93. The molecule has 2 atom stereocenters. The molecule has 2 aromatic rings. The van der Waals surface area contributed by atoms with E-state index in [1.807, 2.05) is 6.92 Å². The summed E-state index contributed by atoms with van der Waals surface area (Å²) in [5.41, 5.74) is 1.55. The van der Waals surface area contributed by atoms with E-state index in [-0.39, 0.29) is 24.2 Å². The van der Waals surface area contributed by atoms with Gasteiger partial charge in [0.25, 0.3) is 5.91 Å². The molecule has 2 N–H and O–H groups in total. The number of carbonyl (C=O) groups excluding carboxylic acids is 1. The van der Waals surface area contributed by atoms with Crippen molar-refractivity contribution in [1.82, 2.24) is 14.5 Å². The van der Waals surface area contributed by atoms with Gasteiger partial charge in [0.15, 0.2) is 0 Å². The predicted octanol–water partition coefficient (Wildman–Crippen LogP) is 1.19. The Morgan fingerprint density at radius 2 is 2.04 bits per heavy atom. The highest BCUT2D eigenvalue weighted by Crippen LogP contribution is 2.24. The summed E-state index contributed by atoms with van der Waals surface area (Å²) in [6, 6.07) is 5.04. The lowest BCUT2D eigenvalue weighted by Gasteiger charge is -2.36. The number of nitrogens with one attached hydrogen (secondary N) is 1. The number of rotatable bonds is 2. The van der Waals surface area contributed by atoms with E-state index in [1.54, 1.807) is 30.1 Å². The average Bonchev–Trinajstić information content (AvgIpc) is 2.81. The molecule has 1 amide bonds. The Hall–Kier alpha value is -2.57. The molecule has 1 aliphatic heterocycles. The van der Waals surface area contributed by atoms with E-state index < -0.39 is 11.9 Å². The zero-order chi connectivity index (χ0) is 16.7. The molecule has 1 fully saturated rings. The molecule has 3 rings (SSSR count). The molecular formula is C16H19N3O4. The van der Waals surface area contributed by atoms with Gasteiger partial charge >= 0.3 is 11.7 Å². The summed E-state index contributed by atoms with van der Waals surface area (Å²) < 4.78 is 1.45. The van der Waals surface area contributed by atoms with Crippen LogP contribution in [0.3, 0.4) is 0 Å². The second-order valence-corrected chi connectivity index (χ2v) is 6.14. The number of likely N-dealkylation sites (tertiary alicyclic amines) is 1. The molecular weight excluding hydrogens is 298 g/mol. The maximum Gasteiger partial charge on any atom is 0.326 e. The highest BCUT2D eigenvalue weighted by molar-refractivity contribution is 5.97. The van der Waals surface area contributed by atoms with E-state index in [1.165, 1.54) is 4.57 Å². The van der Waals surface area contributed by atoms with E-state index in [0.29, 0.717) is 29.4 Å². The smallest absolute Gasteiger partial charge is 0.326 e. The Bertz CT molecular complexity index is 835. The number of aryl methyl sites for hydroxylation is 1. The number of hydrogen-bond donors (Lipinski definition) is 2. The summed E-state index contributed by atoms with van der Waals surface area (Å²) in [5.74, 6) is -1.58. The molecule has 1 aliphatic rings. The van der Waals surface area contributed by atoms with Gasteiger partial charge in [-0.3, -0.25) is 14.2 Å². The maximum absolute atomic E-state index is 12.8. The fourth-order valence-electron chi connectivity index (χ4n) is 3.11. The van der Waals surface area contributed by atoms with Crippen molar-refractivity contribution >= 4 is 22.9 Å². The van der Waals surface area contributed by atoms with Crippen LogP contribution in [-0.2, 0) is 11.8 Å². The van der Waals surface area contributed by atoms with Gasteiger partial charge in [0.1, 0.15) is 0 Å². The molecule has 7 nitrogen and oxygen atoms in total. The Balaban J connectivity index is 1.94. The summed E-state index contributed by atoms with van der Waals surface area (Å²) >= 11 is 0. The summed E-state index contributed by atoms with van der Waals surface area (Å²) in [4.78, 5) is 39.9. The average molecular weight is 317 g/mol.